The number of ether oxygens (including phenoxy) is 1. The molecule has 0 amide bonds. The van der Waals surface area contributed by atoms with Gasteiger partial charge in [-0.3, -0.25) is 4.79 Å². The molecule has 2 saturated carbocycles. The lowest BCUT2D eigenvalue weighted by Gasteiger charge is -2.36. The molecule has 0 aromatic heterocycles. The first-order valence-electron chi connectivity index (χ1n) is 10.0. The molecule has 0 N–H and O–H groups in total. The summed E-state index contributed by atoms with van der Waals surface area (Å²) < 4.78 is 4.82. The van der Waals surface area contributed by atoms with Crippen LogP contribution in [-0.2, 0) is 9.53 Å². The number of hydrogen-bond acceptors (Lipinski definition) is 3. The molecular formula is C25H26O3. The van der Waals surface area contributed by atoms with Crippen LogP contribution in [0.25, 0.3) is 5.57 Å². The molecule has 4 rings (SSSR count). The van der Waals surface area contributed by atoms with Crippen molar-refractivity contribution >= 4 is 17.3 Å². The Hall–Kier alpha value is -2.68. The van der Waals surface area contributed by atoms with E-state index in [1.807, 2.05) is 30.3 Å². The molecule has 2 aliphatic rings. The lowest BCUT2D eigenvalue weighted by molar-refractivity contribution is -0.115. The van der Waals surface area contributed by atoms with Crippen LogP contribution in [0, 0.1) is 11.3 Å². The molecule has 2 aliphatic carbocycles. The molecule has 0 spiro atoms. The minimum Gasteiger partial charge on any atom is -0.465 e. The van der Waals surface area contributed by atoms with Crippen molar-refractivity contribution in [2.75, 3.05) is 7.11 Å². The number of methoxy groups -OCH3 is 1. The van der Waals surface area contributed by atoms with E-state index in [-0.39, 0.29) is 17.2 Å². The second kappa shape index (κ2) is 7.38. The fourth-order valence-electron chi connectivity index (χ4n) is 5.05. The number of fused-ring (bicyclic) bond motifs is 1. The molecule has 2 fully saturated rings. The number of allylic oxidation sites excluding steroid dienone is 1. The number of carbonyl (C=O) groups is 2. The standard InChI is InChI=1S/C25H26O3/c1-25-15-7-6-10-20(25)23(21(26)16-25)22(17-8-4-3-5-9-17)18-11-13-19(14-12-18)24(27)28-2/h3-5,8-9,11-14,20H,6-7,10,15-16H2,1-2H3/b23-22+. The first-order chi connectivity index (χ1) is 13.5. The normalized spacial score (nSPS) is 25.9. The zero-order chi connectivity index (χ0) is 19.7. The van der Waals surface area contributed by atoms with Gasteiger partial charge < -0.3 is 4.74 Å². The van der Waals surface area contributed by atoms with Gasteiger partial charge in [0.2, 0.25) is 0 Å². The van der Waals surface area contributed by atoms with E-state index in [4.69, 9.17) is 4.74 Å². The fraction of sp³-hybridized carbons (Fsp3) is 0.360. The van der Waals surface area contributed by atoms with Crippen LogP contribution < -0.4 is 0 Å². The van der Waals surface area contributed by atoms with Crippen LogP contribution in [0.2, 0.25) is 0 Å². The van der Waals surface area contributed by atoms with E-state index in [0.29, 0.717) is 17.9 Å². The van der Waals surface area contributed by atoms with Crippen molar-refractivity contribution in [2.45, 2.75) is 39.0 Å². The SMILES string of the molecule is COC(=O)c1ccc(/C(=C2/C(=O)CC3(C)CCCCC23)c2ccccc2)cc1. The molecule has 0 aliphatic heterocycles. The zero-order valence-corrected chi connectivity index (χ0v) is 16.5. The van der Waals surface area contributed by atoms with Gasteiger partial charge in [-0.05, 0) is 53.0 Å². The predicted molar refractivity (Wildman–Crippen MR) is 110 cm³/mol. The van der Waals surface area contributed by atoms with E-state index >= 15 is 0 Å². The highest BCUT2D eigenvalue weighted by Gasteiger charge is 2.49. The van der Waals surface area contributed by atoms with Crippen molar-refractivity contribution in [3.8, 4) is 0 Å². The van der Waals surface area contributed by atoms with Crippen LogP contribution in [0.1, 0.15) is 60.5 Å². The number of ketones is 1. The maximum Gasteiger partial charge on any atom is 0.337 e. The summed E-state index contributed by atoms with van der Waals surface area (Å²) in [4.78, 5) is 25.0. The Kier molecular flexibility index (Phi) is 4.92. The minimum atomic E-state index is -0.350. The number of carbonyl (C=O) groups excluding carboxylic acids is 2. The monoisotopic (exact) mass is 374 g/mol. The van der Waals surface area contributed by atoms with E-state index in [1.54, 1.807) is 12.1 Å². The minimum absolute atomic E-state index is 0.0800. The third-order valence-electron chi connectivity index (χ3n) is 6.47. The Bertz CT molecular complexity index is 924. The topological polar surface area (TPSA) is 43.4 Å². The summed E-state index contributed by atoms with van der Waals surface area (Å²) in [6.45, 7) is 2.28. The molecule has 3 nitrogen and oxygen atoms in total. The molecule has 2 aromatic carbocycles. The van der Waals surface area contributed by atoms with Gasteiger partial charge >= 0.3 is 5.97 Å². The lowest BCUT2D eigenvalue weighted by atomic mass is 9.68. The molecule has 2 unspecified atom stereocenters. The van der Waals surface area contributed by atoms with E-state index in [2.05, 4.69) is 19.1 Å². The van der Waals surface area contributed by atoms with Gasteiger partial charge in [0.05, 0.1) is 12.7 Å². The smallest absolute Gasteiger partial charge is 0.337 e. The Labute approximate surface area is 166 Å². The highest BCUT2D eigenvalue weighted by Crippen LogP contribution is 2.55. The predicted octanol–water partition coefficient (Wildman–Crippen LogP) is 5.44. The Morgan fingerprint density at radius 2 is 1.61 bits per heavy atom. The molecule has 3 heteroatoms. The largest absolute Gasteiger partial charge is 0.465 e. The zero-order valence-electron chi connectivity index (χ0n) is 16.5. The molecule has 144 valence electrons. The van der Waals surface area contributed by atoms with Crippen LogP contribution in [-0.4, -0.2) is 18.9 Å². The molecular weight excluding hydrogens is 348 g/mol. The van der Waals surface area contributed by atoms with Crippen molar-refractivity contribution in [3.05, 3.63) is 76.9 Å². The Morgan fingerprint density at radius 3 is 2.29 bits per heavy atom. The molecule has 0 saturated heterocycles. The number of esters is 1. The van der Waals surface area contributed by atoms with Gasteiger partial charge in [0.1, 0.15) is 0 Å². The van der Waals surface area contributed by atoms with Gasteiger partial charge in [-0.1, -0.05) is 62.2 Å². The van der Waals surface area contributed by atoms with Gasteiger partial charge in [-0.2, -0.15) is 0 Å². The summed E-state index contributed by atoms with van der Waals surface area (Å²) >= 11 is 0. The fourth-order valence-corrected chi connectivity index (χ4v) is 5.05. The van der Waals surface area contributed by atoms with E-state index in [1.165, 1.54) is 20.0 Å². The second-order valence-electron chi connectivity index (χ2n) is 8.28. The third kappa shape index (κ3) is 3.19. The van der Waals surface area contributed by atoms with Gasteiger partial charge in [0.25, 0.3) is 0 Å². The van der Waals surface area contributed by atoms with Crippen LogP contribution in [0.5, 0.6) is 0 Å². The van der Waals surface area contributed by atoms with Crippen molar-refractivity contribution < 1.29 is 14.3 Å². The summed E-state index contributed by atoms with van der Waals surface area (Å²) in [5.41, 5.74) is 4.65. The number of benzene rings is 2. The summed E-state index contributed by atoms with van der Waals surface area (Å²) in [5, 5.41) is 0. The van der Waals surface area contributed by atoms with Crippen LogP contribution in [0.3, 0.4) is 0 Å². The van der Waals surface area contributed by atoms with E-state index < -0.39 is 0 Å². The summed E-state index contributed by atoms with van der Waals surface area (Å²) in [5.74, 6) is 0.242. The van der Waals surface area contributed by atoms with Crippen LogP contribution >= 0.6 is 0 Å². The van der Waals surface area contributed by atoms with Crippen LogP contribution in [0.4, 0.5) is 0 Å². The van der Waals surface area contributed by atoms with Gasteiger partial charge in [-0.25, -0.2) is 4.79 Å². The quantitative estimate of drug-likeness (QED) is 0.530. The maximum atomic E-state index is 13.2. The van der Waals surface area contributed by atoms with Crippen molar-refractivity contribution in [1.82, 2.24) is 0 Å². The molecule has 0 radical (unpaired) electrons. The van der Waals surface area contributed by atoms with Gasteiger partial charge in [0, 0.05) is 12.0 Å². The Balaban J connectivity index is 1.89. The summed E-state index contributed by atoms with van der Waals surface area (Å²) in [6, 6.07) is 17.6. The highest BCUT2D eigenvalue weighted by molar-refractivity contribution is 6.08. The van der Waals surface area contributed by atoms with Crippen molar-refractivity contribution in [3.63, 3.8) is 0 Å². The first kappa shape index (κ1) is 18.7. The molecule has 2 aromatic rings. The third-order valence-corrected chi connectivity index (χ3v) is 6.47. The maximum absolute atomic E-state index is 13.2. The number of rotatable bonds is 3. The van der Waals surface area contributed by atoms with Gasteiger partial charge in [0.15, 0.2) is 5.78 Å². The second-order valence-corrected chi connectivity index (χ2v) is 8.28. The average Bonchev–Trinajstić information content (AvgIpc) is 2.99. The van der Waals surface area contributed by atoms with Crippen molar-refractivity contribution in [1.29, 1.82) is 0 Å². The van der Waals surface area contributed by atoms with Crippen molar-refractivity contribution in [2.24, 2.45) is 11.3 Å². The molecule has 0 heterocycles. The lowest BCUT2D eigenvalue weighted by Crippen LogP contribution is -2.26. The highest BCUT2D eigenvalue weighted by atomic mass is 16.5. The van der Waals surface area contributed by atoms with Gasteiger partial charge in [-0.15, -0.1) is 0 Å². The Morgan fingerprint density at radius 1 is 0.964 bits per heavy atom. The summed E-state index contributed by atoms with van der Waals surface area (Å²) in [7, 11) is 1.38. The molecule has 28 heavy (non-hydrogen) atoms. The summed E-state index contributed by atoms with van der Waals surface area (Å²) in [6.07, 6.45) is 5.23. The average molecular weight is 374 g/mol. The number of Topliss-reactive ketones (excluding diaryl/α,β-unsaturated/α-hetero) is 1. The molecule has 2 atom stereocenters. The first-order valence-corrected chi connectivity index (χ1v) is 10.0. The van der Waals surface area contributed by atoms with E-state index in [9.17, 15) is 9.59 Å². The molecule has 0 bridgehead atoms. The number of hydrogen-bond donors (Lipinski definition) is 0. The van der Waals surface area contributed by atoms with Crippen LogP contribution in [0.15, 0.2) is 60.2 Å². The van der Waals surface area contributed by atoms with E-state index in [0.717, 1.165) is 35.1 Å².